The Labute approximate surface area is 207 Å². The molecule has 12 heteroatoms. The average molecular weight is 555 g/mol. The molecule has 0 aromatic heterocycles. The normalized spacial score (nSPS) is 26.4. The quantitative estimate of drug-likeness (QED) is 0.308. The summed E-state index contributed by atoms with van der Waals surface area (Å²) in [6.07, 6.45) is -3.04. The third-order valence-electron chi connectivity index (χ3n) is 4.07. The first kappa shape index (κ1) is 31.4. The van der Waals surface area contributed by atoms with Crippen molar-refractivity contribution in [1.82, 2.24) is 0 Å². The maximum Gasteiger partial charge on any atom is 0.323 e. The SMILES string of the molecule is C[Si](C)(C)OC(=O)[C@@H](O[Si](C)(C)C)[C@H]1O[C@H](O[Si](C)(C)C)[C@H](O[Si](C)(C)C)[C@H]1O[Si](C)(C)C. The van der Waals surface area contributed by atoms with Gasteiger partial charge in [0.05, 0.1) is 0 Å². The molecule has 0 saturated carbocycles. The molecule has 1 heterocycles. The number of ether oxygens (including phenoxy) is 1. The van der Waals surface area contributed by atoms with Crippen LogP contribution in [0, 0.1) is 0 Å². The zero-order chi connectivity index (χ0) is 26.2. The van der Waals surface area contributed by atoms with E-state index in [9.17, 15) is 4.79 Å². The largest absolute Gasteiger partial charge is 0.518 e. The number of carbonyl (C=O) groups excluding carboxylic acids is 1. The molecule has 0 unspecified atom stereocenters. The van der Waals surface area contributed by atoms with E-state index in [1.54, 1.807) is 0 Å². The van der Waals surface area contributed by atoms with Crippen LogP contribution in [0.15, 0.2) is 0 Å². The summed E-state index contributed by atoms with van der Waals surface area (Å²) in [7, 11) is -10.3. The van der Waals surface area contributed by atoms with Gasteiger partial charge in [-0.2, -0.15) is 0 Å². The van der Waals surface area contributed by atoms with Crippen LogP contribution in [-0.2, 0) is 31.7 Å². The fraction of sp³-hybridized carbons (Fsp3) is 0.952. The van der Waals surface area contributed by atoms with E-state index in [4.69, 9.17) is 26.9 Å². The molecule has 1 saturated heterocycles. The van der Waals surface area contributed by atoms with Crippen molar-refractivity contribution < 1.29 is 31.7 Å². The smallest absolute Gasteiger partial charge is 0.323 e. The highest BCUT2D eigenvalue weighted by Gasteiger charge is 2.56. The van der Waals surface area contributed by atoms with Crippen LogP contribution < -0.4 is 0 Å². The minimum atomic E-state index is -2.14. The summed E-state index contributed by atoms with van der Waals surface area (Å²) in [6, 6.07) is 0. The lowest BCUT2D eigenvalue weighted by atomic mass is 10.1. The highest BCUT2D eigenvalue weighted by Crippen LogP contribution is 2.36. The molecule has 0 amide bonds. The van der Waals surface area contributed by atoms with Crippen LogP contribution in [0.4, 0.5) is 0 Å². The van der Waals surface area contributed by atoms with Gasteiger partial charge >= 0.3 is 5.97 Å². The molecular formula is C21H50O7Si5. The highest BCUT2D eigenvalue weighted by atomic mass is 28.4. The lowest BCUT2D eigenvalue weighted by Gasteiger charge is -2.37. The molecule has 5 atom stereocenters. The molecule has 0 N–H and O–H groups in total. The molecule has 0 spiro atoms. The summed E-state index contributed by atoms with van der Waals surface area (Å²) in [5.74, 6) is -0.369. The second-order valence-corrected chi connectivity index (χ2v) is 36.0. The molecule has 1 fully saturated rings. The van der Waals surface area contributed by atoms with Gasteiger partial charge in [0.2, 0.25) is 8.32 Å². The van der Waals surface area contributed by atoms with Crippen molar-refractivity contribution >= 4 is 47.6 Å². The number of rotatable bonds is 11. The average Bonchev–Trinajstić information content (AvgIpc) is 2.75. The lowest BCUT2D eigenvalue weighted by Crippen LogP contribution is -2.55. The van der Waals surface area contributed by atoms with Crippen molar-refractivity contribution in [2.45, 2.75) is 129 Å². The summed E-state index contributed by atoms with van der Waals surface area (Å²) in [6.45, 7) is 31.4. The van der Waals surface area contributed by atoms with Crippen LogP contribution in [-0.4, -0.2) is 78.3 Å². The number of hydrogen-bond acceptors (Lipinski definition) is 7. The lowest BCUT2D eigenvalue weighted by molar-refractivity contribution is -0.162. The minimum Gasteiger partial charge on any atom is -0.518 e. The number of hydrogen-bond donors (Lipinski definition) is 0. The Bertz CT molecular complexity index is 656. The maximum absolute atomic E-state index is 13.4. The van der Waals surface area contributed by atoms with E-state index in [1.807, 2.05) is 19.6 Å². The Morgan fingerprint density at radius 1 is 0.606 bits per heavy atom. The predicted octanol–water partition coefficient (Wildman–Crippen LogP) is 5.60. The van der Waals surface area contributed by atoms with Crippen LogP contribution in [0.2, 0.25) is 98.2 Å². The van der Waals surface area contributed by atoms with Gasteiger partial charge in [0.1, 0.15) is 18.3 Å². The van der Waals surface area contributed by atoms with Crippen molar-refractivity contribution in [1.29, 1.82) is 0 Å². The van der Waals surface area contributed by atoms with Crippen molar-refractivity contribution in [2.75, 3.05) is 0 Å². The first-order chi connectivity index (χ1) is 14.4. The zero-order valence-electron chi connectivity index (χ0n) is 23.7. The van der Waals surface area contributed by atoms with Crippen LogP contribution >= 0.6 is 0 Å². The first-order valence-electron chi connectivity index (χ1n) is 12.0. The van der Waals surface area contributed by atoms with Gasteiger partial charge in [0.15, 0.2) is 45.7 Å². The molecule has 0 bridgehead atoms. The first-order valence-corrected chi connectivity index (χ1v) is 29.0. The van der Waals surface area contributed by atoms with E-state index < -0.39 is 72.3 Å². The van der Waals surface area contributed by atoms with Crippen molar-refractivity contribution in [3.63, 3.8) is 0 Å². The monoisotopic (exact) mass is 554 g/mol. The second kappa shape index (κ2) is 10.8. The van der Waals surface area contributed by atoms with Gasteiger partial charge in [0.25, 0.3) is 0 Å². The molecule has 0 aromatic rings. The standard InChI is InChI=1S/C21H50O7Si5/c1-29(2,3)24-17-16(18(25-30(4,5)6)20(22)27-32(10,11)12)23-21(28-33(13,14)15)19(17)26-31(7,8)9/h16-19,21H,1-15H3/t16-,17-,18-,19+,21+/m0/s1. The molecule has 1 rings (SSSR count). The fourth-order valence-electron chi connectivity index (χ4n) is 3.40. The van der Waals surface area contributed by atoms with Gasteiger partial charge in [-0.15, -0.1) is 0 Å². The summed E-state index contributed by atoms with van der Waals surface area (Å²) in [5, 5.41) is 0. The van der Waals surface area contributed by atoms with Gasteiger partial charge in [-0.05, 0) is 98.2 Å². The highest BCUT2D eigenvalue weighted by molar-refractivity contribution is 6.72. The third-order valence-corrected chi connectivity index (χ3v) is 8.75. The van der Waals surface area contributed by atoms with Crippen molar-refractivity contribution in [3.05, 3.63) is 0 Å². The third kappa shape index (κ3) is 12.2. The van der Waals surface area contributed by atoms with Crippen LogP contribution in [0.1, 0.15) is 0 Å². The van der Waals surface area contributed by atoms with Crippen LogP contribution in [0.3, 0.4) is 0 Å². The zero-order valence-corrected chi connectivity index (χ0v) is 28.7. The van der Waals surface area contributed by atoms with Gasteiger partial charge in [0, 0.05) is 0 Å². The van der Waals surface area contributed by atoms with E-state index in [0.29, 0.717) is 0 Å². The maximum atomic E-state index is 13.4. The van der Waals surface area contributed by atoms with E-state index in [1.165, 1.54) is 0 Å². The van der Waals surface area contributed by atoms with Crippen LogP contribution in [0.25, 0.3) is 0 Å². The molecule has 196 valence electrons. The Balaban J connectivity index is 3.53. The van der Waals surface area contributed by atoms with E-state index in [-0.39, 0.29) is 5.97 Å². The summed E-state index contributed by atoms with van der Waals surface area (Å²) in [4.78, 5) is 13.4. The Morgan fingerprint density at radius 2 is 1.03 bits per heavy atom. The second-order valence-electron chi connectivity index (χ2n) is 13.8. The molecule has 0 aliphatic carbocycles. The molecule has 0 radical (unpaired) electrons. The summed E-state index contributed by atoms with van der Waals surface area (Å²) in [5.41, 5.74) is 0. The van der Waals surface area contributed by atoms with E-state index >= 15 is 0 Å². The topological polar surface area (TPSA) is 72.5 Å². The summed E-state index contributed by atoms with van der Waals surface area (Å²) >= 11 is 0. The van der Waals surface area contributed by atoms with Crippen LogP contribution in [0.5, 0.6) is 0 Å². The molecule has 7 nitrogen and oxygen atoms in total. The Hall–Kier alpha value is 0.354. The van der Waals surface area contributed by atoms with Crippen molar-refractivity contribution in [2.24, 2.45) is 0 Å². The molecule has 33 heavy (non-hydrogen) atoms. The van der Waals surface area contributed by atoms with Gasteiger partial charge in [-0.3, -0.25) is 4.79 Å². The molecule has 1 aliphatic rings. The van der Waals surface area contributed by atoms with Gasteiger partial charge < -0.3 is 26.9 Å². The van der Waals surface area contributed by atoms with Crippen molar-refractivity contribution in [3.8, 4) is 0 Å². The summed E-state index contributed by atoms with van der Waals surface area (Å²) < 4.78 is 38.6. The fourth-order valence-corrected chi connectivity index (χ4v) is 8.15. The molecule has 0 aromatic carbocycles. The van der Waals surface area contributed by atoms with E-state index in [0.717, 1.165) is 0 Å². The minimum absolute atomic E-state index is 0.369. The molecular weight excluding hydrogens is 505 g/mol. The predicted molar refractivity (Wildman–Crippen MR) is 147 cm³/mol. The Kier molecular flexibility index (Phi) is 10.2. The van der Waals surface area contributed by atoms with Gasteiger partial charge in [-0.25, -0.2) is 0 Å². The Morgan fingerprint density at radius 3 is 1.39 bits per heavy atom. The number of carbonyl (C=O) groups is 1. The van der Waals surface area contributed by atoms with Gasteiger partial charge in [-0.1, -0.05) is 0 Å². The molecule has 1 aliphatic heterocycles. The van der Waals surface area contributed by atoms with E-state index in [2.05, 4.69) is 78.6 Å².